The van der Waals surface area contributed by atoms with Crippen molar-refractivity contribution in [3.8, 4) is 11.5 Å². The first-order valence-electron chi connectivity index (χ1n) is 4.38. The third-order valence-corrected chi connectivity index (χ3v) is 2.54. The highest BCUT2D eigenvalue weighted by Gasteiger charge is 2.10. The molecule has 0 spiro atoms. The molecule has 0 aliphatic heterocycles. The number of nitrogen functional groups attached to an aromatic ring is 1. The lowest BCUT2D eigenvalue weighted by Crippen LogP contribution is -1.92. The lowest BCUT2D eigenvalue weighted by Gasteiger charge is -2.09. The zero-order valence-electron chi connectivity index (χ0n) is 8.12. The molecule has 0 aliphatic rings. The van der Waals surface area contributed by atoms with Gasteiger partial charge in [0.2, 0.25) is 0 Å². The second-order valence-electron chi connectivity index (χ2n) is 3.21. The van der Waals surface area contributed by atoms with Gasteiger partial charge in [0.1, 0.15) is 0 Å². The zero-order valence-corrected chi connectivity index (χ0v) is 8.88. The average molecular weight is 224 g/mol. The van der Waals surface area contributed by atoms with Crippen LogP contribution >= 0.6 is 11.6 Å². The van der Waals surface area contributed by atoms with E-state index in [0.29, 0.717) is 10.8 Å². The first kappa shape index (κ1) is 9.93. The number of anilines is 1. The van der Waals surface area contributed by atoms with E-state index >= 15 is 0 Å². The molecule has 3 N–H and O–H groups in total. The molecule has 0 unspecified atom stereocenters. The predicted molar refractivity (Wildman–Crippen MR) is 61.6 cm³/mol. The molecule has 2 aromatic carbocycles. The maximum absolute atomic E-state index is 9.69. The highest BCUT2D eigenvalue weighted by atomic mass is 35.5. The van der Waals surface area contributed by atoms with Crippen LogP contribution in [0.1, 0.15) is 0 Å². The first-order valence-corrected chi connectivity index (χ1v) is 4.76. The first-order chi connectivity index (χ1) is 7.13. The quantitative estimate of drug-likeness (QED) is 0.577. The van der Waals surface area contributed by atoms with Crippen LogP contribution in [0.5, 0.6) is 11.5 Å². The minimum absolute atomic E-state index is 0.0488. The molecule has 3 nitrogen and oxygen atoms in total. The van der Waals surface area contributed by atoms with Crippen LogP contribution < -0.4 is 10.5 Å². The molecule has 4 heteroatoms. The Labute approximate surface area is 92.0 Å². The van der Waals surface area contributed by atoms with E-state index in [1.54, 1.807) is 18.2 Å². The summed E-state index contributed by atoms with van der Waals surface area (Å²) in [5, 5.41) is 11.9. The number of hydrogen-bond acceptors (Lipinski definition) is 3. The molecule has 2 aromatic rings. The van der Waals surface area contributed by atoms with E-state index < -0.39 is 0 Å². The van der Waals surface area contributed by atoms with Gasteiger partial charge in [0.05, 0.1) is 12.8 Å². The van der Waals surface area contributed by atoms with Crippen molar-refractivity contribution >= 4 is 28.1 Å². The van der Waals surface area contributed by atoms with Gasteiger partial charge in [-0.3, -0.25) is 0 Å². The maximum atomic E-state index is 9.69. The molecular weight excluding hydrogens is 214 g/mol. The average Bonchev–Trinajstić information content (AvgIpc) is 2.24. The highest BCUT2D eigenvalue weighted by molar-refractivity contribution is 6.31. The van der Waals surface area contributed by atoms with Crippen LogP contribution in [-0.2, 0) is 0 Å². The molecule has 0 amide bonds. The van der Waals surface area contributed by atoms with Gasteiger partial charge in [0.25, 0.3) is 0 Å². The van der Waals surface area contributed by atoms with Crippen LogP contribution in [0, 0.1) is 0 Å². The molecule has 0 radical (unpaired) electrons. The van der Waals surface area contributed by atoms with E-state index in [4.69, 9.17) is 22.1 Å². The van der Waals surface area contributed by atoms with E-state index in [-0.39, 0.29) is 11.4 Å². The van der Waals surface area contributed by atoms with Gasteiger partial charge in [-0.05, 0) is 23.6 Å². The van der Waals surface area contributed by atoms with Crippen molar-refractivity contribution in [2.24, 2.45) is 0 Å². The monoisotopic (exact) mass is 223 g/mol. The van der Waals surface area contributed by atoms with Crippen LogP contribution in [0.15, 0.2) is 24.3 Å². The van der Waals surface area contributed by atoms with Crippen LogP contribution in [-0.4, -0.2) is 12.2 Å². The van der Waals surface area contributed by atoms with E-state index in [2.05, 4.69) is 0 Å². The number of rotatable bonds is 1. The third kappa shape index (κ3) is 1.55. The number of aromatic hydroxyl groups is 1. The summed E-state index contributed by atoms with van der Waals surface area (Å²) in [5.41, 5.74) is 6.06. The van der Waals surface area contributed by atoms with Gasteiger partial charge in [0.15, 0.2) is 11.5 Å². The summed E-state index contributed by atoms with van der Waals surface area (Å²) in [4.78, 5) is 0. The van der Waals surface area contributed by atoms with Crippen molar-refractivity contribution in [1.29, 1.82) is 0 Å². The van der Waals surface area contributed by atoms with Crippen molar-refractivity contribution in [2.45, 2.75) is 0 Å². The Bertz CT molecular complexity index is 525. The Hall–Kier alpha value is -1.61. The Morgan fingerprint density at radius 2 is 2.07 bits per heavy atom. The molecule has 2 rings (SSSR count). The van der Waals surface area contributed by atoms with Gasteiger partial charge in [0, 0.05) is 10.4 Å². The second kappa shape index (κ2) is 3.51. The van der Waals surface area contributed by atoms with Crippen LogP contribution in [0.4, 0.5) is 5.69 Å². The molecule has 0 heterocycles. The lowest BCUT2D eigenvalue weighted by atomic mass is 10.1. The van der Waals surface area contributed by atoms with Gasteiger partial charge < -0.3 is 15.6 Å². The van der Waals surface area contributed by atoms with Crippen LogP contribution in [0.25, 0.3) is 10.8 Å². The summed E-state index contributed by atoms with van der Waals surface area (Å²) in [7, 11) is 1.48. The Kier molecular flexibility index (Phi) is 2.32. The summed E-state index contributed by atoms with van der Waals surface area (Å²) >= 11 is 5.85. The number of benzene rings is 2. The Morgan fingerprint density at radius 3 is 2.73 bits per heavy atom. The number of methoxy groups -OCH3 is 1. The smallest absolute Gasteiger partial charge is 0.181 e. The summed E-state index contributed by atoms with van der Waals surface area (Å²) in [5.74, 6) is 0.314. The van der Waals surface area contributed by atoms with Crippen molar-refractivity contribution in [1.82, 2.24) is 0 Å². The van der Waals surface area contributed by atoms with Crippen molar-refractivity contribution < 1.29 is 9.84 Å². The van der Waals surface area contributed by atoms with Crippen LogP contribution in [0.2, 0.25) is 5.02 Å². The molecule has 0 bridgehead atoms. The summed E-state index contributed by atoms with van der Waals surface area (Å²) in [6, 6.07) is 7.03. The molecule has 15 heavy (non-hydrogen) atoms. The van der Waals surface area contributed by atoms with E-state index in [0.717, 1.165) is 10.8 Å². The fraction of sp³-hybridized carbons (Fsp3) is 0.0909. The van der Waals surface area contributed by atoms with Crippen LogP contribution in [0.3, 0.4) is 0 Å². The predicted octanol–water partition coefficient (Wildman–Crippen LogP) is 2.79. The van der Waals surface area contributed by atoms with E-state index in [1.165, 1.54) is 7.11 Å². The molecule has 0 saturated heterocycles. The molecule has 0 fully saturated rings. The fourth-order valence-corrected chi connectivity index (χ4v) is 1.69. The fourth-order valence-electron chi connectivity index (χ4n) is 1.51. The number of hydrogen-bond donors (Lipinski definition) is 2. The minimum atomic E-state index is -0.0488. The number of phenols is 1. The van der Waals surface area contributed by atoms with Gasteiger partial charge in [-0.25, -0.2) is 0 Å². The molecule has 78 valence electrons. The van der Waals surface area contributed by atoms with Crippen molar-refractivity contribution in [3.05, 3.63) is 29.3 Å². The molecular formula is C11H10ClNO2. The number of phenolic OH excluding ortho intramolecular Hbond substituents is 1. The second-order valence-corrected chi connectivity index (χ2v) is 3.64. The minimum Gasteiger partial charge on any atom is -0.503 e. The Morgan fingerprint density at radius 1 is 1.33 bits per heavy atom. The third-order valence-electron chi connectivity index (χ3n) is 2.30. The van der Waals surface area contributed by atoms with E-state index in [9.17, 15) is 5.11 Å². The topological polar surface area (TPSA) is 55.5 Å². The van der Waals surface area contributed by atoms with Gasteiger partial charge >= 0.3 is 0 Å². The number of halogens is 1. The van der Waals surface area contributed by atoms with Crippen molar-refractivity contribution in [2.75, 3.05) is 12.8 Å². The number of fused-ring (bicyclic) bond motifs is 1. The normalized spacial score (nSPS) is 10.5. The summed E-state index contributed by atoms with van der Waals surface area (Å²) < 4.78 is 5.00. The summed E-state index contributed by atoms with van der Waals surface area (Å²) in [6.07, 6.45) is 0. The summed E-state index contributed by atoms with van der Waals surface area (Å²) in [6.45, 7) is 0. The van der Waals surface area contributed by atoms with E-state index in [1.807, 2.05) is 6.07 Å². The molecule has 0 atom stereocenters. The molecule has 0 aliphatic carbocycles. The largest absolute Gasteiger partial charge is 0.503 e. The number of ether oxygens (including phenoxy) is 1. The molecule has 0 saturated carbocycles. The zero-order chi connectivity index (χ0) is 11.0. The number of nitrogens with two attached hydrogens (primary N) is 1. The molecule has 0 aromatic heterocycles. The van der Waals surface area contributed by atoms with Gasteiger partial charge in [-0.15, -0.1) is 0 Å². The van der Waals surface area contributed by atoms with Gasteiger partial charge in [-0.1, -0.05) is 17.7 Å². The Balaban J connectivity index is 2.84. The maximum Gasteiger partial charge on any atom is 0.181 e. The highest BCUT2D eigenvalue weighted by Crippen LogP contribution is 2.39. The van der Waals surface area contributed by atoms with Crippen molar-refractivity contribution in [3.63, 3.8) is 0 Å². The van der Waals surface area contributed by atoms with Gasteiger partial charge in [-0.2, -0.15) is 0 Å². The standard InChI is InChI=1S/C11H10ClNO2/c1-15-9-4-6-2-3-7(12)5-8(6)10(13)11(9)14/h2-5,14H,13H2,1H3. The SMILES string of the molecule is COc1cc2ccc(Cl)cc2c(N)c1O. The lowest BCUT2D eigenvalue weighted by molar-refractivity contribution is 0.375.